The summed E-state index contributed by atoms with van der Waals surface area (Å²) in [6.07, 6.45) is 1.12. The third-order valence-electron chi connectivity index (χ3n) is 2.33. The van der Waals surface area contributed by atoms with Crippen molar-refractivity contribution in [3.63, 3.8) is 0 Å². The molecule has 0 amide bonds. The van der Waals surface area contributed by atoms with E-state index >= 15 is 0 Å². The third kappa shape index (κ3) is 17.1. The highest BCUT2D eigenvalue weighted by Crippen LogP contribution is 1.85. The smallest absolute Gasteiger partial charge is 0.330 e. The van der Waals surface area contributed by atoms with Crippen LogP contribution in [0.2, 0.25) is 0 Å². The van der Waals surface area contributed by atoms with Crippen molar-refractivity contribution in [1.29, 1.82) is 0 Å². The van der Waals surface area contributed by atoms with Crippen LogP contribution in [0.1, 0.15) is 6.92 Å². The molecule has 0 heterocycles. The second kappa shape index (κ2) is 18.1. The highest BCUT2D eigenvalue weighted by molar-refractivity contribution is 5.81. The number of hydrogen-bond acceptors (Lipinski definition) is 7. The lowest BCUT2D eigenvalue weighted by Gasteiger charge is -2.07. The lowest BCUT2D eigenvalue weighted by Crippen LogP contribution is -2.14. The van der Waals surface area contributed by atoms with Crippen LogP contribution in [0.3, 0.4) is 0 Å². The van der Waals surface area contributed by atoms with Gasteiger partial charge in [-0.25, -0.2) is 4.79 Å². The summed E-state index contributed by atoms with van der Waals surface area (Å²) in [5.74, 6) is -0.445. The Kier molecular flexibility index (Phi) is 17.2. The van der Waals surface area contributed by atoms with E-state index in [1.807, 2.05) is 6.92 Å². The van der Waals surface area contributed by atoms with Crippen molar-refractivity contribution >= 4 is 5.97 Å². The van der Waals surface area contributed by atoms with Gasteiger partial charge < -0.3 is 28.4 Å². The van der Waals surface area contributed by atoms with Gasteiger partial charge in [-0.1, -0.05) is 6.58 Å². The molecule has 0 aliphatic heterocycles. The molecule has 0 aromatic heterocycles. The van der Waals surface area contributed by atoms with Gasteiger partial charge in [-0.15, -0.1) is 0 Å². The minimum atomic E-state index is -0.445. The summed E-state index contributed by atoms with van der Waals surface area (Å²) in [5.41, 5.74) is 0. The zero-order chi connectivity index (χ0) is 16.3. The van der Waals surface area contributed by atoms with Crippen molar-refractivity contribution in [3.05, 3.63) is 12.7 Å². The van der Waals surface area contributed by atoms with Crippen molar-refractivity contribution in [2.75, 3.05) is 72.7 Å². The lowest BCUT2D eigenvalue weighted by molar-refractivity contribution is -0.139. The maximum atomic E-state index is 10.7. The largest absolute Gasteiger partial charge is 0.460 e. The van der Waals surface area contributed by atoms with E-state index in [2.05, 4.69) is 6.58 Å². The zero-order valence-corrected chi connectivity index (χ0v) is 13.4. The summed E-state index contributed by atoms with van der Waals surface area (Å²) >= 11 is 0. The average molecular weight is 320 g/mol. The first-order chi connectivity index (χ1) is 10.8. The molecule has 0 fully saturated rings. The minimum absolute atomic E-state index is 0.220. The van der Waals surface area contributed by atoms with Crippen molar-refractivity contribution < 1.29 is 33.2 Å². The predicted octanol–water partition coefficient (Wildman–Crippen LogP) is 0.819. The molecule has 0 atom stereocenters. The minimum Gasteiger partial charge on any atom is -0.460 e. The Morgan fingerprint density at radius 3 is 1.45 bits per heavy atom. The van der Waals surface area contributed by atoms with Gasteiger partial charge in [-0.2, -0.15) is 0 Å². The van der Waals surface area contributed by atoms with Gasteiger partial charge >= 0.3 is 5.97 Å². The van der Waals surface area contributed by atoms with Crippen LogP contribution in [0, 0.1) is 0 Å². The molecule has 0 spiro atoms. The highest BCUT2D eigenvalue weighted by atomic mass is 16.6. The summed E-state index contributed by atoms with van der Waals surface area (Å²) in [7, 11) is 0. The highest BCUT2D eigenvalue weighted by Gasteiger charge is 1.95. The fraction of sp³-hybridized carbons (Fsp3) is 0.800. The normalized spacial score (nSPS) is 10.6. The molecule has 0 aromatic rings. The molecule has 0 aromatic carbocycles. The maximum Gasteiger partial charge on any atom is 0.330 e. The molecule has 0 aliphatic rings. The second-order valence-corrected chi connectivity index (χ2v) is 4.02. The Morgan fingerprint density at radius 2 is 1.09 bits per heavy atom. The Hall–Kier alpha value is -0.990. The Labute approximate surface area is 132 Å². The van der Waals surface area contributed by atoms with Gasteiger partial charge in [-0.05, 0) is 6.92 Å². The van der Waals surface area contributed by atoms with Crippen LogP contribution in [-0.2, 0) is 33.2 Å². The van der Waals surface area contributed by atoms with Crippen molar-refractivity contribution in [3.8, 4) is 0 Å². The van der Waals surface area contributed by atoms with Crippen LogP contribution in [0.5, 0.6) is 0 Å². The first kappa shape index (κ1) is 21.0. The van der Waals surface area contributed by atoms with Gasteiger partial charge in [0.2, 0.25) is 0 Å². The standard InChI is InChI=1S/C15H28O7/c1-3-15(16)22-14-13-21-12-11-20-10-9-19-8-7-18-6-5-17-4-2/h3H,1,4-14H2,2H3. The molecule has 0 saturated carbocycles. The second-order valence-electron chi connectivity index (χ2n) is 4.02. The molecule has 0 aliphatic carbocycles. The molecule has 0 saturated heterocycles. The molecule has 0 bridgehead atoms. The third-order valence-corrected chi connectivity index (χ3v) is 2.33. The average Bonchev–Trinajstić information content (AvgIpc) is 2.54. The molecular weight excluding hydrogens is 292 g/mol. The monoisotopic (exact) mass is 320 g/mol. The van der Waals surface area contributed by atoms with E-state index in [0.29, 0.717) is 66.1 Å². The number of carbonyl (C=O) groups is 1. The number of esters is 1. The van der Waals surface area contributed by atoms with E-state index in [-0.39, 0.29) is 6.61 Å². The lowest BCUT2D eigenvalue weighted by atomic mass is 10.6. The first-order valence-corrected chi connectivity index (χ1v) is 7.49. The van der Waals surface area contributed by atoms with Gasteiger partial charge in [0.05, 0.1) is 59.5 Å². The van der Waals surface area contributed by atoms with Crippen molar-refractivity contribution in [1.82, 2.24) is 0 Å². The topological polar surface area (TPSA) is 72.5 Å². The van der Waals surface area contributed by atoms with Crippen LogP contribution >= 0.6 is 0 Å². The van der Waals surface area contributed by atoms with Crippen molar-refractivity contribution in [2.24, 2.45) is 0 Å². The van der Waals surface area contributed by atoms with Gasteiger partial charge in [0.1, 0.15) is 6.61 Å². The number of carbonyl (C=O) groups excluding carboxylic acids is 1. The maximum absolute atomic E-state index is 10.7. The Bertz CT molecular complexity index is 258. The summed E-state index contributed by atoms with van der Waals surface area (Å²) < 4.78 is 31.0. The van der Waals surface area contributed by atoms with E-state index in [1.165, 1.54) is 0 Å². The predicted molar refractivity (Wildman–Crippen MR) is 80.9 cm³/mol. The number of hydrogen-bond donors (Lipinski definition) is 0. The molecule has 7 nitrogen and oxygen atoms in total. The molecule has 0 rings (SSSR count). The molecule has 0 unspecified atom stereocenters. The zero-order valence-electron chi connectivity index (χ0n) is 13.4. The van der Waals surface area contributed by atoms with Gasteiger partial charge in [0, 0.05) is 12.7 Å². The fourth-order valence-corrected chi connectivity index (χ4v) is 1.28. The van der Waals surface area contributed by atoms with E-state index in [9.17, 15) is 4.79 Å². The first-order valence-electron chi connectivity index (χ1n) is 7.49. The van der Waals surface area contributed by atoms with E-state index < -0.39 is 5.97 Å². The van der Waals surface area contributed by atoms with Gasteiger partial charge in [0.25, 0.3) is 0 Å². The SMILES string of the molecule is C=CC(=O)OCCOCCOCCOCCOCCOCC. The molecule has 0 radical (unpaired) electrons. The van der Waals surface area contributed by atoms with Crippen LogP contribution in [0.4, 0.5) is 0 Å². The van der Waals surface area contributed by atoms with Gasteiger partial charge in [0.15, 0.2) is 0 Å². The van der Waals surface area contributed by atoms with Gasteiger partial charge in [-0.3, -0.25) is 0 Å². The van der Waals surface area contributed by atoms with Crippen molar-refractivity contribution in [2.45, 2.75) is 6.92 Å². The van der Waals surface area contributed by atoms with E-state index in [0.717, 1.165) is 6.08 Å². The summed E-state index contributed by atoms with van der Waals surface area (Å²) in [6.45, 7) is 10.8. The van der Waals surface area contributed by atoms with Crippen LogP contribution < -0.4 is 0 Å². The molecule has 0 N–H and O–H groups in total. The summed E-state index contributed by atoms with van der Waals surface area (Å²) in [4.78, 5) is 10.7. The summed E-state index contributed by atoms with van der Waals surface area (Å²) in [6, 6.07) is 0. The molecule has 22 heavy (non-hydrogen) atoms. The Morgan fingerprint density at radius 1 is 0.727 bits per heavy atom. The number of ether oxygens (including phenoxy) is 6. The fourth-order valence-electron chi connectivity index (χ4n) is 1.28. The quantitative estimate of drug-likeness (QED) is 0.223. The van der Waals surface area contributed by atoms with E-state index in [4.69, 9.17) is 28.4 Å². The molecule has 7 heteroatoms. The van der Waals surface area contributed by atoms with E-state index in [1.54, 1.807) is 0 Å². The van der Waals surface area contributed by atoms with Crippen LogP contribution in [0.15, 0.2) is 12.7 Å². The van der Waals surface area contributed by atoms with Crippen LogP contribution in [0.25, 0.3) is 0 Å². The Balaban J connectivity index is 2.99. The number of rotatable bonds is 17. The summed E-state index contributed by atoms with van der Waals surface area (Å²) in [5, 5.41) is 0. The molecular formula is C15H28O7. The molecule has 130 valence electrons. The van der Waals surface area contributed by atoms with Crippen LogP contribution in [-0.4, -0.2) is 78.6 Å².